The monoisotopic (exact) mass is 451 g/mol. The van der Waals surface area contributed by atoms with Gasteiger partial charge in [-0.05, 0) is 53.5 Å². The van der Waals surface area contributed by atoms with Crippen molar-refractivity contribution in [2.75, 3.05) is 7.11 Å². The second-order valence-electron chi connectivity index (χ2n) is 7.22. The molecule has 2 fully saturated rings. The molecule has 1 aliphatic carbocycles. The second-order valence-corrected chi connectivity index (χ2v) is 9.88. The van der Waals surface area contributed by atoms with Crippen molar-refractivity contribution in [2.24, 2.45) is 0 Å². The lowest BCUT2D eigenvalue weighted by Gasteiger charge is -2.39. The number of sulfonamides is 1. The van der Waals surface area contributed by atoms with Crippen LogP contribution in [0.5, 0.6) is 0 Å². The second kappa shape index (κ2) is 5.66. The Morgan fingerprint density at radius 1 is 1.07 bits per heavy atom. The average Bonchev–Trinajstić information content (AvgIpc) is 3.02. The van der Waals surface area contributed by atoms with Gasteiger partial charge in [0.25, 0.3) is 5.91 Å². The standard InChI is InChI=1S/C18H18BrN3O4S/c1-10-3-5-11(6-4-10)27(24,25)22-14-9-13-16(17(14)22)21(26-2)18(23)12-7-8-15(19)20(12)13/h3-8,13-14,16-17H,9H2,1-2H3/t13-,14-,16-,17-,22?/m0/s1. The van der Waals surface area contributed by atoms with Crippen LogP contribution in [0.2, 0.25) is 0 Å². The summed E-state index contributed by atoms with van der Waals surface area (Å²) in [6.45, 7) is 1.92. The fourth-order valence-electron chi connectivity index (χ4n) is 4.62. The van der Waals surface area contributed by atoms with Crippen LogP contribution in [0.4, 0.5) is 0 Å². The minimum absolute atomic E-state index is 0.0125. The number of benzene rings is 1. The number of amides is 1. The number of aryl methyl sites for hydroxylation is 1. The van der Waals surface area contributed by atoms with Crippen LogP contribution in [0, 0.1) is 6.92 Å². The summed E-state index contributed by atoms with van der Waals surface area (Å²) in [7, 11) is -2.14. The zero-order valence-electron chi connectivity index (χ0n) is 14.7. The largest absolute Gasteiger partial charge is 0.326 e. The molecule has 1 saturated heterocycles. The number of carbonyl (C=O) groups excluding carboxylic acids is 1. The first-order valence-electron chi connectivity index (χ1n) is 8.71. The molecule has 5 rings (SSSR count). The zero-order valence-corrected chi connectivity index (χ0v) is 17.1. The molecule has 1 aromatic heterocycles. The molecule has 1 aromatic carbocycles. The summed E-state index contributed by atoms with van der Waals surface area (Å²) in [6.07, 6.45) is 0.647. The minimum Gasteiger partial charge on any atom is -0.326 e. The van der Waals surface area contributed by atoms with Gasteiger partial charge in [-0.25, -0.2) is 13.5 Å². The van der Waals surface area contributed by atoms with Gasteiger partial charge in [-0.15, -0.1) is 0 Å². The molecule has 2 aromatic rings. The number of hydrogen-bond donors (Lipinski definition) is 0. The van der Waals surface area contributed by atoms with Crippen LogP contribution in [-0.4, -0.2) is 53.5 Å². The van der Waals surface area contributed by atoms with Crippen molar-refractivity contribution < 1.29 is 18.0 Å². The Labute approximate surface area is 165 Å². The predicted octanol–water partition coefficient (Wildman–Crippen LogP) is 2.33. The van der Waals surface area contributed by atoms with Gasteiger partial charge in [0, 0.05) is 6.04 Å². The van der Waals surface area contributed by atoms with Gasteiger partial charge in [-0.2, -0.15) is 4.31 Å². The predicted molar refractivity (Wildman–Crippen MR) is 101 cm³/mol. The van der Waals surface area contributed by atoms with Crippen molar-refractivity contribution in [1.29, 1.82) is 0 Å². The summed E-state index contributed by atoms with van der Waals surface area (Å²) in [5.74, 6) is -0.246. The molecule has 5 atom stereocenters. The van der Waals surface area contributed by atoms with Crippen LogP contribution in [0.25, 0.3) is 0 Å². The Kier molecular flexibility index (Phi) is 3.65. The van der Waals surface area contributed by atoms with Gasteiger partial charge in [-0.3, -0.25) is 9.63 Å². The maximum absolute atomic E-state index is 13.1. The van der Waals surface area contributed by atoms with Crippen LogP contribution in [0.3, 0.4) is 0 Å². The third-order valence-corrected chi connectivity index (χ3v) is 8.42. The number of nitrogens with zero attached hydrogens (tertiary/aromatic N) is 3. The van der Waals surface area contributed by atoms with E-state index in [4.69, 9.17) is 4.84 Å². The summed E-state index contributed by atoms with van der Waals surface area (Å²) in [6, 6.07) is 9.71. The summed E-state index contributed by atoms with van der Waals surface area (Å²) in [5.41, 5.74) is 1.56. The molecule has 27 heavy (non-hydrogen) atoms. The summed E-state index contributed by atoms with van der Waals surface area (Å²) in [4.78, 5) is 18.5. The summed E-state index contributed by atoms with van der Waals surface area (Å²) in [5, 5.41) is 1.35. The molecule has 2 aliphatic heterocycles. The molecular formula is C18H18BrN3O4S. The van der Waals surface area contributed by atoms with E-state index in [0.717, 1.165) is 10.2 Å². The molecule has 0 spiro atoms. The van der Waals surface area contributed by atoms with Crippen molar-refractivity contribution in [3.8, 4) is 0 Å². The lowest BCUT2D eigenvalue weighted by atomic mass is 10.1. The van der Waals surface area contributed by atoms with Crippen molar-refractivity contribution in [3.05, 3.63) is 52.3 Å². The van der Waals surface area contributed by atoms with Crippen LogP contribution in [0.15, 0.2) is 45.9 Å². The highest BCUT2D eigenvalue weighted by Crippen LogP contribution is 2.55. The van der Waals surface area contributed by atoms with Crippen LogP contribution in [0.1, 0.15) is 28.5 Å². The van der Waals surface area contributed by atoms with E-state index in [1.165, 1.54) is 16.5 Å². The Hall–Kier alpha value is -1.68. The van der Waals surface area contributed by atoms with E-state index in [-0.39, 0.29) is 35.0 Å². The smallest absolute Gasteiger partial charge is 0.294 e. The number of aromatic nitrogens is 1. The lowest BCUT2D eigenvalue weighted by Crippen LogP contribution is -2.52. The SMILES string of the molecule is CON1C(=O)c2ccc(Br)n2[C@H]2C[C@H]3[C@@H]([C@H]21)N3S(=O)(=O)c1ccc(C)cc1. The number of hydrogen-bond acceptors (Lipinski definition) is 4. The molecule has 3 aliphatic rings. The molecule has 9 heteroatoms. The zero-order chi connectivity index (χ0) is 19.1. The molecule has 0 radical (unpaired) electrons. The van der Waals surface area contributed by atoms with E-state index in [1.54, 1.807) is 30.3 Å². The van der Waals surface area contributed by atoms with Gasteiger partial charge in [0.2, 0.25) is 10.0 Å². The average molecular weight is 452 g/mol. The third-order valence-electron chi connectivity index (χ3n) is 5.84. The quantitative estimate of drug-likeness (QED) is 0.671. The normalized spacial score (nSPS) is 31.4. The maximum Gasteiger partial charge on any atom is 0.294 e. The van der Waals surface area contributed by atoms with E-state index < -0.39 is 10.0 Å². The summed E-state index contributed by atoms with van der Waals surface area (Å²) < 4.78 is 30.5. The van der Waals surface area contributed by atoms with Crippen molar-refractivity contribution >= 4 is 31.9 Å². The first-order chi connectivity index (χ1) is 12.9. The molecule has 0 bridgehead atoms. The highest BCUT2D eigenvalue weighted by Gasteiger charge is 2.69. The first-order valence-corrected chi connectivity index (χ1v) is 10.9. The Balaban J connectivity index is 1.52. The van der Waals surface area contributed by atoms with E-state index in [9.17, 15) is 13.2 Å². The highest BCUT2D eigenvalue weighted by atomic mass is 79.9. The summed E-state index contributed by atoms with van der Waals surface area (Å²) >= 11 is 3.51. The van der Waals surface area contributed by atoms with E-state index in [0.29, 0.717) is 12.1 Å². The van der Waals surface area contributed by atoms with Crippen LogP contribution in [-0.2, 0) is 14.9 Å². The van der Waals surface area contributed by atoms with Crippen molar-refractivity contribution in [1.82, 2.24) is 13.9 Å². The van der Waals surface area contributed by atoms with Crippen LogP contribution < -0.4 is 0 Å². The van der Waals surface area contributed by atoms with Gasteiger partial charge in [-0.1, -0.05) is 17.7 Å². The van der Waals surface area contributed by atoms with E-state index in [2.05, 4.69) is 15.9 Å². The van der Waals surface area contributed by atoms with E-state index in [1.807, 2.05) is 17.6 Å². The Morgan fingerprint density at radius 3 is 2.44 bits per heavy atom. The first kappa shape index (κ1) is 17.4. The number of piperidine rings is 1. The topological polar surface area (TPSA) is 71.6 Å². The Bertz CT molecular complexity index is 1050. The maximum atomic E-state index is 13.1. The van der Waals surface area contributed by atoms with Crippen molar-refractivity contribution in [3.63, 3.8) is 0 Å². The van der Waals surface area contributed by atoms with Gasteiger partial charge in [0.1, 0.15) is 5.69 Å². The van der Waals surface area contributed by atoms with Gasteiger partial charge >= 0.3 is 0 Å². The molecule has 1 unspecified atom stereocenters. The van der Waals surface area contributed by atoms with Crippen LogP contribution >= 0.6 is 15.9 Å². The van der Waals surface area contributed by atoms with Crippen molar-refractivity contribution in [2.45, 2.75) is 42.4 Å². The third kappa shape index (κ3) is 2.25. The highest BCUT2D eigenvalue weighted by molar-refractivity contribution is 9.10. The molecule has 3 heterocycles. The Morgan fingerprint density at radius 2 is 1.78 bits per heavy atom. The molecule has 1 amide bonds. The van der Waals surface area contributed by atoms with Gasteiger partial charge in [0.15, 0.2) is 0 Å². The van der Waals surface area contributed by atoms with Gasteiger partial charge in [0.05, 0.1) is 34.7 Å². The number of hydroxylamine groups is 2. The molecule has 0 N–H and O–H groups in total. The fourth-order valence-corrected chi connectivity index (χ4v) is 7.03. The minimum atomic E-state index is -3.60. The number of rotatable bonds is 3. The number of halogens is 1. The molecule has 1 saturated carbocycles. The lowest BCUT2D eigenvalue weighted by molar-refractivity contribution is -0.139. The molecule has 142 valence electrons. The van der Waals surface area contributed by atoms with E-state index >= 15 is 0 Å². The molecule has 7 nitrogen and oxygen atoms in total. The fraction of sp³-hybridized carbons (Fsp3) is 0.389. The number of fused-ring (bicyclic) bond motifs is 5. The number of carbonyl (C=O) groups is 1. The van der Waals surface area contributed by atoms with Gasteiger partial charge < -0.3 is 4.57 Å². The molecular weight excluding hydrogens is 434 g/mol.